The topological polar surface area (TPSA) is 32.3 Å². The van der Waals surface area contributed by atoms with Gasteiger partial charge in [0, 0.05) is 51.4 Å². The lowest BCUT2D eigenvalue weighted by Gasteiger charge is -2.33. The van der Waals surface area contributed by atoms with Gasteiger partial charge in [0.05, 0.1) is 11.4 Å². The monoisotopic (exact) mass is 270 g/mol. The molecule has 17 heavy (non-hydrogen) atoms. The minimum Gasteiger partial charge on any atom is -0.295 e. The standard InChI is InChI=1S/C11H18N4S2/c1-10-7-12-8-11(13-10)9-14-3-5-15(6-4-14)17(2)16/h7-8H,3-6,9H2,1-2H3. The predicted molar refractivity (Wildman–Crippen MR) is 74.3 cm³/mol. The highest BCUT2D eigenvalue weighted by Crippen LogP contribution is 2.07. The number of piperazine rings is 1. The Kier molecular flexibility index (Phi) is 4.55. The van der Waals surface area contributed by atoms with Crippen molar-refractivity contribution in [3.05, 3.63) is 23.8 Å². The van der Waals surface area contributed by atoms with E-state index < -0.39 is 0 Å². The van der Waals surface area contributed by atoms with Gasteiger partial charge in [-0.25, -0.2) is 4.31 Å². The molecule has 1 fully saturated rings. The summed E-state index contributed by atoms with van der Waals surface area (Å²) in [5.74, 6) is 0. The molecular formula is C11H18N4S2. The summed E-state index contributed by atoms with van der Waals surface area (Å²) in [7, 11) is -0.00505. The molecule has 2 rings (SSSR count). The van der Waals surface area contributed by atoms with Gasteiger partial charge in [0.15, 0.2) is 0 Å². The van der Waals surface area contributed by atoms with Crippen molar-refractivity contribution in [2.75, 3.05) is 32.4 Å². The summed E-state index contributed by atoms with van der Waals surface area (Å²) in [6, 6.07) is 0. The third-order valence-electron chi connectivity index (χ3n) is 2.89. The van der Waals surface area contributed by atoms with E-state index in [1.54, 1.807) is 6.20 Å². The summed E-state index contributed by atoms with van der Waals surface area (Å²) in [6.45, 7) is 7.17. The van der Waals surface area contributed by atoms with E-state index in [1.807, 2.05) is 13.1 Å². The lowest BCUT2D eigenvalue weighted by Crippen LogP contribution is -2.46. The summed E-state index contributed by atoms with van der Waals surface area (Å²) in [4.78, 5) is 11.1. The normalized spacial score (nSPS) is 20.4. The Morgan fingerprint density at radius 3 is 2.59 bits per heavy atom. The van der Waals surface area contributed by atoms with Crippen LogP contribution in [0.3, 0.4) is 0 Å². The van der Waals surface area contributed by atoms with Gasteiger partial charge in [-0.3, -0.25) is 14.9 Å². The molecule has 0 bridgehead atoms. The molecule has 1 aliphatic rings. The molecule has 1 unspecified atom stereocenters. The van der Waals surface area contributed by atoms with Crippen molar-refractivity contribution in [2.24, 2.45) is 0 Å². The van der Waals surface area contributed by atoms with Crippen LogP contribution in [0.25, 0.3) is 0 Å². The number of aryl methyl sites for hydroxylation is 1. The third-order valence-corrected chi connectivity index (χ3v) is 4.61. The van der Waals surface area contributed by atoms with Gasteiger partial charge in [-0.15, -0.1) is 0 Å². The van der Waals surface area contributed by atoms with Crippen LogP contribution in [0.2, 0.25) is 0 Å². The number of hydrogen-bond acceptors (Lipinski definition) is 4. The van der Waals surface area contributed by atoms with Gasteiger partial charge in [0.2, 0.25) is 0 Å². The first-order chi connectivity index (χ1) is 8.15. The van der Waals surface area contributed by atoms with E-state index in [9.17, 15) is 0 Å². The number of nitrogens with zero attached hydrogens (tertiary/aromatic N) is 4. The zero-order chi connectivity index (χ0) is 12.3. The van der Waals surface area contributed by atoms with E-state index >= 15 is 0 Å². The Labute approximate surface area is 110 Å². The number of hydrogen-bond donors (Lipinski definition) is 0. The first-order valence-corrected chi connectivity index (χ1v) is 8.25. The van der Waals surface area contributed by atoms with Crippen LogP contribution in [0, 0.1) is 6.92 Å². The fourth-order valence-electron chi connectivity index (χ4n) is 1.97. The molecule has 0 spiro atoms. The van der Waals surface area contributed by atoms with Gasteiger partial charge in [-0.2, -0.15) is 0 Å². The van der Waals surface area contributed by atoms with Crippen LogP contribution in [0.4, 0.5) is 0 Å². The van der Waals surface area contributed by atoms with Crippen molar-refractivity contribution in [1.82, 2.24) is 19.2 Å². The molecule has 0 radical (unpaired) electrons. The lowest BCUT2D eigenvalue weighted by molar-refractivity contribution is 0.186. The highest BCUT2D eigenvalue weighted by Gasteiger charge is 2.17. The van der Waals surface area contributed by atoms with Crippen molar-refractivity contribution >= 4 is 20.8 Å². The molecule has 6 heteroatoms. The first-order valence-electron chi connectivity index (χ1n) is 5.73. The average molecular weight is 270 g/mol. The van der Waals surface area contributed by atoms with E-state index in [0.29, 0.717) is 0 Å². The summed E-state index contributed by atoms with van der Waals surface area (Å²) in [6.07, 6.45) is 5.76. The molecule has 2 heterocycles. The molecule has 4 nitrogen and oxygen atoms in total. The molecule has 1 aromatic rings. The van der Waals surface area contributed by atoms with E-state index in [2.05, 4.69) is 25.4 Å². The minimum absolute atomic E-state index is 0.00505. The van der Waals surface area contributed by atoms with Gasteiger partial charge in [-0.1, -0.05) is 9.64 Å². The summed E-state index contributed by atoms with van der Waals surface area (Å²) in [5.41, 5.74) is 2.05. The van der Waals surface area contributed by atoms with E-state index in [-0.39, 0.29) is 9.64 Å². The second-order valence-corrected chi connectivity index (χ2v) is 7.09. The summed E-state index contributed by atoms with van der Waals surface area (Å²) >= 11 is 5.30. The maximum Gasteiger partial charge on any atom is 0.0730 e. The van der Waals surface area contributed by atoms with Crippen molar-refractivity contribution in [3.8, 4) is 0 Å². The molecule has 1 aliphatic heterocycles. The van der Waals surface area contributed by atoms with Crippen LogP contribution in [0.5, 0.6) is 0 Å². The van der Waals surface area contributed by atoms with Gasteiger partial charge < -0.3 is 0 Å². The molecular weight excluding hydrogens is 252 g/mol. The highest BCUT2D eigenvalue weighted by molar-refractivity contribution is 8.27. The third kappa shape index (κ3) is 3.77. The largest absolute Gasteiger partial charge is 0.295 e. The Morgan fingerprint density at radius 1 is 1.29 bits per heavy atom. The number of rotatable bonds is 3. The van der Waals surface area contributed by atoms with Crippen LogP contribution >= 0.6 is 0 Å². The van der Waals surface area contributed by atoms with Crippen molar-refractivity contribution in [1.29, 1.82) is 0 Å². The molecule has 1 atom stereocenters. The Morgan fingerprint density at radius 2 is 2.00 bits per heavy atom. The van der Waals surface area contributed by atoms with Crippen LogP contribution in [0.1, 0.15) is 11.4 Å². The highest BCUT2D eigenvalue weighted by atomic mass is 32.8. The fraction of sp³-hybridized carbons (Fsp3) is 0.636. The number of aromatic nitrogens is 2. The average Bonchev–Trinajstić information content (AvgIpc) is 2.29. The molecule has 0 aromatic carbocycles. The van der Waals surface area contributed by atoms with Crippen LogP contribution < -0.4 is 0 Å². The Balaban J connectivity index is 1.88. The fourth-order valence-corrected chi connectivity index (χ4v) is 3.09. The van der Waals surface area contributed by atoms with E-state index in [1.165, 1.54) is 0 Å². The zero-order valence-electron chi connectivity index (χ0n) is 10.3. The summed E-state index contributed by atoms with van der Waals surface area (Å²) in [5, 5.41) is 0. The van der Waals surface area contributed by atoms with Crippen molar-refractivity contribution < 1.29 is 0 Å². The minimum atomic E-state index is -0.00505. The molecule has 1 aromatic heterocycles. The predicted octanol–water partition coefficient (Wildman–Crippen LogP) is 0.528. The van der Waals surface area contributed by atoms with E-state index in [0.717, 1.165) is 44.1 Å². The quantitative estimate of drug-likeness (QED) is 0.800. The SMILES string of the molecule is Cc1cncc(CN2CCN(S(C)=S)CC2)n1. The molecule has 0 N–H and O–H groups in total. The van der Waals surface area contributed by atoms with Gasteiger partial charge in [0.1, 0.15) is 0 Å². The summed E-state index contributed by atoms with van der Waals surface area (Å²) < 4.78 is 2.37. The van der Waals surface area contributed by atoms with Gasteiger partial charge in [0.25, 0.3) is 0 Å². The molecule has 0 amide bonds. The first kappa shape index (κ1) is 13.0. The second-order valence-electron chi connectivity index (χ2n) is 4.28. The maximum absolute atomic E-state index is 5.30. The van der Waals surface area contributed by atoms with Crippen molar-refractivity contribution in [3.63, 3.8) is 0 Å². The maximum atomic E-state index is 5.30. The molecule has 1 saturated heterocycles. The molecule has 0 saturated carbocycles. The molecule has 0 aliphatic carbocycles. The van der Waals surface area contributed by atoms with Gasteiger partial charge >= 0.3 is 0 Å². The van der Waals surface area contributed by atoms with Crippen LogP contribution in [-0.2, 0) is 27.4 Å². The van der Waals surface area contributed by atoms with Crippen LogP contribution in [0.15, 0.2) is 12.4 Å². The molecule has 94 valence electrons. The van der Waals surface area contributed by atoms with Crippen LogP contribution in [-0.4, -0.2) is 51.6 Å². The lowest BCUT2D eigenvalue weighted by atomic mass is 10.3. The Hall–Kier alpha value is -0.430. The van der Waals surface area contributed by atoms with Gasteiger partial charge in [-0.05, 0) is 18.1 Å². The van der Waals surface area contributed by atoms with E-state index in [4.69, 9.17) is 11.2 Å². The van der Waals surface area contributed by atoms with Crippen molar-refractivity contribution in [2.45, 2.75) is 13.5 Å². The Bertz CT molecular complexity index is 402. The smallest absolute Gasteiger partial charge is 0.0730 e. The zero-order valence-corrected chi connectivity index (χ0v) is 11.9. The second kappa shape index (κ2) is 5.95.